The highest BCUT2D eigenvalue weighted by Gasteiger charge is 2.42. The molecule has 0 spiro atoms. The van der Waals surface area contributed by atoms with Gasteiger partial charge in [0.25, 0.3) is 0 Å². The minimum atomic E-state index is -0.310. The van der Waals surface area contributed by atoms with Crippen LogP contribution < -0.4 is 0 Å². The highest BCUT2D eigenvalue weighted by Crippen LogP contribution is 2.41. The molecule has 0 aliphatic heterocycles. The molecular weight excluding hydrogens is 272 g/mol. The van der Waals surface area contributed by atoms with Gasteiger partial charge in [-0.2, -0.15) is 0 Å². The van der Waals surface area contributed by atoms with Gasteiger partial charge in [-0.05, 0) is 56.3 Å². The van der Waals surface area contributed by atoms with Crippen molar-refractivity contribution < 1.29 is 9.53 Å². The smallest absolute Gasteiger partial charge is 0.312 e. The van der Waals surface area contributed by atoms with E-state index in [0.29, 0.717) is 23.7 Å². The van der Waals surface area contributed by atoms with Gasteiger partial charge in [-0.25, -0.2) is 0 Å². The first kappa shape index (κ1) is 19.5. The Morgan fingerprint density at radius 2 is 1.59 bits per heavy atom. The van der Waals surface area contributed by atoms with Crippen molar-refractivity contribution in [2.45, 2.75) is 93.1 Å². The molecule has 0 N–H and O–H groups in total. The monoisotopic (exact) mass is 310 g/mol. The largest absolute Gasteiger partial charge is 0.461 e. The van der Waals surface area contributed by atoms with Gasteiger partial charge in [-0.15, -0.1) is 0 Å². The molecule has 0 amide bonds. The van der Waals surface area contributed by atoms with E-state index in [1.165, 1.54) is 19.3 Å². The molecule has 1 saturated carbocycles. The summed E-state index contributed by atoms with van der Waals surface area (Å²) in [5, 5.41) is 0. The van der Waals surface area contributed by atoms with Crippen molar-refractivity contribution >= 4 is 5.97 Å². The Morgan fingerprint density at radius 1 is 1.09 bits per heavy atom. The molecule has 0 radical (unpaired) electrons. The Kier molecular flexibility index (Phi) is 7.41. The highest BCUT2D eigenvalue weighted by atomic mass is 16.5. The van der Waals surface area contributed by atoms with Gasteiger partial charge in [0, 0.05) is 0 Å². The van der Waals surface area contributed by atoms with Gasteiger partial charge in [-0.1, -0.05) is 54.4 Å². The summed E-state index contributed by atoms with van der Waals surface area (Å²) >= 11 is 0. The van der Waals surface area contributed by atoms with E-state index in [0.717, 1.165) is 19.3 Å². The van der Waals surface area contributed by atoms with Crippen molar-refractivity contribution in [2.75, 3.05) is 0 Å². The number of esters is 1. The minimum absolute atomic E-state index is 0.0417. The first-order valence-corrected chi connectivity index (χ1v) is 9.47. The Labute approximate surface area is 138 Å². The molecule has 2 nitrogen and oxygen atoms in total. The van der Waals surface area contributed by atoms with Crippen molar-refractivity contribution in [1.82, 2.24) is 0 Å². The molecule has 0 heterocycles. The zero-order valence-electron chi connectivity index (χ0n) is 15.9. The Hall–Kier alpha value is -0.530. The third kappa shape index (κ3) is 4.49. The van der Waals surface area contributed by atoms with Crippen molar-refractivity contribution in [3.05, 3.63) is 0 Å². The summed E-state index contributed by atoms with van der Waals surface area (Å²) in [5.41, 5.74) is -0.310. The Morgan fingerprint density at radius 3 is 1.95 bits per heavy atom. The van der Waals surface area contributed by atoms with Crippen LogP contribution in [0.15, 0.2) is 0 Å². The second-order valence-electron chi connectivity index (χ2n) is 8.28. The SMILES string of the molecule is CCCC(C)(CC)C(=O)OC1C(C(C)C)CCCC1C(C)C. The van der Waals surface area contributed by atoms with Crippen LogP contribution >= 0.6 is 0 Å². The summed E-state index contributed by atoms with van der Waals surface area (Å²) in [6.07, 6.45) is 6.62. The van der Waals surface area contributed by atoms with Crippen LogP contribution in [0.4, 0.5) is 0 Å². The van der Waals surface area contributed by atoms with Gasteiger partial charge in [0.05, 0.1) is 5.41 Å². The number of carbonyl (C=O) groups is 1. The molecule has 0 aromatic heterocycles. The van der Waals surface area contributed by atoms with Gasteiger partial charge in [0.2, 0.25) is 0 Å². The molecule has 22 heavy (non-hydrogen) atoms. The molecule has 0 saturated heterocycles. The molecule has 130 valence electrons. The Balaban J connectivity index is 2.93. The summed E-state index contributed by atoms with van der Waals surface area (Å²) in [6.45, 7) is 15.4. The summed E-state index contributed by atoms with van der Waals surface area (Å²) in [7, 11) is 0. The molecule has 1 fully saturated rings. The van der Waals surface area contributed by atoms with Gasteiger partial charge < -0.3 is 4.74 Å². The zero-order valence-corrected chi connectivity index (χ0v) is 15.9. The molecule has 0 aromatic carbocycles. The molecule has 3 atom stereocenters. The summed E-state index contributed by atoms with van der Waals surface area (Å²) in [4.78, 5) is 12.9. The second kappa shape index (κ2) is 8.36. The van der Waals surface area contributed by atoms with Crippen LogP contribution in [0.2, 0.25) is 0 Å². The van der Waals surface area contributed by atoms with Crippen LogP contribution in [0.1, 0.15) is 87.0 Å². The van der Waals surface area contributed by atoms with Crippen molar-refractivity contribution in [3.8, 4) is 0 Å². The van der Waals surface area contributed by atoms with E-state index in [9.17, 15) is 4.79 Å². The van der Waals surface area contributed by atoms with Crippen LogP contribution in [0, 0.1) is 29.1 Å². The van der Waals surface area contributed by atoms with E-state index in [1.54, 1.807) is 0 Å². The van der Waals surface area contributed by atoms with E-state index in [2.05, 4.69) is 48.5 Å². The average Bonchev–Trinajstić information content (AvgIpc) is 2.46. The maximum Gasteiger partial charge on any atom is 0.312 e. The van der Waals surface area contributed by atoms with E-state index < -0.39 is 0 Å². The van der Waals surface area contributed by atoms with E-state index in [-0.39, 0.29) is 17.5 Å². The summed E-state index contributed by atoms with van der Waals surface area (Å²) in [6, 6.07) is 0. The van der Waals surface area contributed by atoms with Crippen LogP contribution in [-0.2, 0) is 9.53 Å². The average molecular weight is 311 g/mol. The predicted octanol–water partition coefficient (Wildman–Crippen LogP) is 5.84. The normalized spacial score (nSPS) is 28.7. The molecular formula is C20H38O2. The van der Waals surface area contributed by atoms with Crippen molar-refractivity contribution in [3.63, 3.8) is 0 Å². The maximum atomic E-state index is 12.9. The molecule has 0 aromatic rings. The van der Waals surface area contributed by atoms with Gasteiger partial charge in [0.15, 0.2) is 0 Å². The number of ether oxygens (including phenoxy) is 1. The fraction of sp³-hybridized carbons (Fsp3) is 0.950. The van der Waals surface area contributed by atoms with E-state index >= 15 is 0 Å². The zero-order chi connectivity index (χ0) is 16.9. The number of hydrogen-bond donors (Lipinski definition) is 0. The first-order chi connectivity index (χ1) is 10.3. The molecule has 1 aliphatic rings. The third-order valence-electron chi connectivity index (χ3n) is 5.95. The van der Waals surface area contributed by atoms with Gasteiger partial charge in [0.1, 0.15) is 6.10 Å². The fourth-order valence-electron chi connectivity index (χ4n) is 4.08. The lowest BCUT2D eigenvalue weighted by Crippen LogP contribution is -2.44. The first-order valence-electron chi connectivity index (χ1n) is 9.47. The third-order valence-corrected chi connectivity index (χ3v) is 5.95. The van der Waals surface area contributed by atoms with Crippen LogP contribution in [-0.4, -0.2) is 12.1 Å². The van der Waals surface area contributed by atoms with Crippen LogP contribution in [0.3, 0.4) is 0 Å². The standard InChI is InChI=1S/C20H38O2/c1-8-13-20(7,9-2)19(21)22-18-16(14(3)4)11-10-12-17(18)15(5)6/h14-18H,8-13H2,1-7H3. The lowest BCUT2D eigenvalue weighted by atomic mass is 9.70. The van der Waals surface area contributed by atoms with Crippen LogP contribution in [0.25, 0.3) is 0 Å². The highest BCUT2D eigenvalue weighted by molar-refractivity contribution is 5.76. The molecule has 1 aliphatic carbocycles. The minimum Gasteiger partial charge on any atom is -0.461 e. The van der Waals surface area contributed by atoms with Crippen molar-refractivity contribution in [2.24, 2.45) is 29.1 Å². The van der Waals surface area contributed by atoms with E-state index in [4.69, 9.17) is 4.74 Å². The van der Waals surface area contributed by atoms with Crippen LogP contribution in [0.5, 0.6) is 0 Å². The molecule has 3 unspecified atom stereocenters. The number of rotatable bonds is 7. The molecule has 1 rings (SSSR count). The summed E-state index contributed by atoms with van der Waals surface area (Å²) < 4.78 is 6.21. The van der Waals surface area contributed by atoms with Gasteiger partial charge >= 0.3 is 5.97 Å². The maximum absolute atomic E-state index is 12.9. The van der Waals surface area contributed by atoms with Crippen molar-refractivity contribution in [1.29, 1.82) is 0 Å². The Bertz CT molecular complexity index is 332. The second-order valence-corrected chi connectivity index (χ2v) is 8.28. The fourth-order valence-corrected chi connectivity index (χ4v) is 4.08. The topological polar surface area (TPSA) is 26.3 Å². The number of carbonyl (C=O) groups excluding carboxylic acids is 1. The summed E-state index contributed by atoms with van der Waals surface area (Å²) in [5.74, 6) is 2.25. The lowest BCUT2D eigenvalue weighted by Gasteiger charge is -2.43. The van der Waals surface area contributed by atoms with Gasteiger partial charge in [-0.3, -0.25) is 4.79 Å². The van der Waals surface area contributed by atoms with E-state index in [1.807, 2.05) is 0 Å². The lowest BCUT2D eigenvalue weighted by molar-refractivity contribution is -0.173. The predicted molar refractivity (Wildman–Crippen MR) is 93.7 cm³/mol. The molecule has 0 bridgehead atoms. The number of hydrogen-bond acceptors (Lipinski definition) is 2. The quantitative estimate of drug-likeness (QED) is 0.552. The molecule has 2 heteroatoms.